The average molecular weight is 488 g/mol. The Hall–Kier alpha value is -0.830. The molecule has 8 atom stereocenters. The number of aliphatic hydroxyl groups excluding tert-OH is 1. The lowest BCUT2D eigenvalue weighted by Crippen LogP contribution is -2.50. The van der Waals surface area contributed by atoms with Crippen molar-refractivity contribution in [1.29, 1.82) is 0 Å². The van der Waals surface area contributed by atoms with Gasteiger partial charge in [0, 0.05) is 20.5 Å². The standard InChI is InChI=1S/C27H46O.C5H11NO/c1-18(2)7-6-8-19(3)23-11-12-24-22-10-9-20-17-21(28)13-15-26(20,4)25(22)14-16-27(23,24)5;1-4-6(3)5(2)7/h9,18-19,21-25,28H,6-8,10-17H2,1-5H3;4H2,1-3H3/t19?,21-,22-,23+,24-,25-,26-,27+;/m0./s1. The Bertz CT molecular complexity index is 744. The first-order valence-corrected chi connectivity index (χ1v) is 15.0. The van der Waals surface area contributed by atoms with Crippen molar-refractivity contribution in [2.75, 3.05) is 13.6 Å². The molecule has 0 aromatic carbocycles. The number of carbonyl (C=O) groups is 1. The topological polar surface area (TPSA) is 40.5 Å². The van der Waals surface area contributed by atoms with Gasteiger partial charge in [-0.15, -0.1) is 0 Å². The Morgan fingerprint density at radius 1 is 1.09 bits per heavy atom. The van der Waals surface area contributed by atoms with E-state index < -0.39 is 0 Å². The molecule has 3 heteroatoms. The highest BCUT2D eigenvalue weighted by atomic mass is 16.3. The largest absolute Gasteiger partial charge is 0.393 e. The molecule has 1 amide bonds. The average Bonchev–Trinajstić information content (AvgIpc) is 3.16. The SMILES string of the molecule is CC(C)CCCC(C)[C@H]1CC[C@H]2[C@@H]3CC=C4C[C@@H](O)CC[C@]4(C)[C@H]3CC[C@]12C.CCN(C)C(C)=O. The molecule has 35 heavy (non-hydrogen) atoms. The summed E-state index contributed by atoms with van der Waals surface area (Å²) in [6.07, 6.45) is 17.2. The zero-order chi connectivity index (χ0) is 26.0. The Kier molecular flexibility index (Phi) is 9.61. The molecule has 4 aliphatic rings. The number of carbonyl (C=O) groups excluding carboxylic acids is 1. The lowest BCUT2D eigenvalue weighted by molar-refractivity contribution is -0.127. The predicted molar refractivity (Wildman–Crippen MR) is 148 cm³/mol. The van der Waals surface area contributed by atoms with Crippen LogP contribution in [0.15, 0.2) is 11.6 Å². The predicted octanol–water partition coefficient (Wildman–Crippen LogP) is 7.87. The number of aliphatic hydroxyl groups is 1. The molecule has 1 N–H and O–H groups in total. The van der Waals surface area contributed by atoms with Crippen molar-refractivity contribution >= 4 is 5.91 Å². The van der Waals surface area contributed by atoms with Gasteiger partial charge in [0.25, 0.3) is 0 Å². The number of allylic oxidation sites excluding steroid dienone is 1. The monoisotopic (exact) mass is 487 g/mol. The second-order valence-corrected chi connectivity index (χ2v) is 13.7. The van der Waals surface area contributed by atoms with E-state index in [1.807, 2.05) is 6.92 Å². The van der Waals surface area contributed by atoms with Gasteiger partial charge in [0.1, 0.15) is 0 Å². The summed E-state index contributed by atoms with van der Waals surface area (Å²) in [6, 6.07) is 0. The Morgan fingerprint density at radius 3 is 2.40 bits per heavy atom. The first-order chi connectivity index (χ1) is 16.4. The second kappa shape index (κ2) is 11.7. The van der Waals surface area contributed by atoms with E-state index in [0.29, 0.717) is 10.8 Å². The number of hydrogen-bond acceptors (Lipinski definition) is 2. The van der Waals surface area contributed by atoms with Crippen LogP contribution < -0.4 is 0 Å². The third kappa shape index (κ3) is 6.02. The number of amides is 1. The fourth-order valence-electron chi connectivity index (χ4n) is 8.89. The molecule has 0 aromatic heterocycles. The molecule has 0 radical (unpaired) electrons. The van der Waals surface area contributed by atoms with Crippen LogP contribution in [-0.4, -0.2) is 35.6 Å². The molecule has 1 unspecified atom stereocenters. The second-order valence-electron chi connectivity index (χ2n) is 13.7. The maximum atomic E-state index is 10.3. The molecule has 3 fully saturated rings. The zero-order valence-corrected chi connectivity index (χ0v) is 24.4. The molecule has 0 bridgehead atoms. The third-order valence-electron chi connectivity index (χ3n) is 11.3. The highest BCUT2D eigenvalue weighted by Crippen LogP contribution is 2.67. The van der Waals surface area contributed by atoms with Crippen LogP contribution in [-0.2, 0) is 4.79 Å². The van der Waals surface area contributed by atoms with E-state index in [-0.39, 0.29) is 12.0 Å². The first kappa shape index (κ1) is 28.7. The van der Waals surface area contributed by atoms with E-state index in [1.54, 1.807) is 24.4 Å². The Labute approximate surface area is 217 Å². The van der Waals surface area contributed by atoms with Gasteiger partial charge in [0.15, 0.2) is 0 Å². The van der Waals surface area contributed by atoms with E-state index in [9.17, 15) is 9.90 Å². The maximum absolute atomic E-state index is 10.3. The van der Waals surface area contributed by atoms with Crippen molar-refractivity contribution in [2.24, 2.45) is 46.3 Å². The van der Waals surface area contributed by atoms with Crippen molar-refractivity contribution < 1.29 is 9.90 Å². The molecular weight excluding hydrogens is 430 g/mol. The lowest BCUT2D eigenvalue weighted by atomic mass is 9.47. The summed E-state index contributed by atoms with van der Waals surface area (Å²) in [5.74, 6) is 5.58. The van der Waals surface area contributed by atoms with E-state index in [4.69, 9.17) is 0 Å². The molecule has 3 saturated carbocycles. The van der Waals surface area contributed by atoms with E-state index >= 15 is 0 Å². The van der Waals surface area contributed by atoms with Crippen molar-refractivity contribution in [1.82, 2.24) is 4.90 Å². The molecule has 0 saturated heterocycles. The fourth-order valence-corrected chi connectivity index (χ4v) is 8.89. The van der Waals surface area contributed by atoms with Crippen LogP contribution in [0.25, 0.3) is 0 Å². The summed E-state index contributed by atoms with van der Waals surface area (Å²) in [6.45, 7) is 16.9. The lowest BCUT2D eigenvalue weighted by Gasteiger charge is -2.58. The van der Waals surface area contributed by atoms with Crippen molar-refractivity contribution in [2.45, 2.75) is 125 Å². The minimum absolute atomic E-state index is 0.0766. The van der Waals surface area contributed by atoms with Crippen LogP contribution in [0, 0.1) is 46.3 Å². The third-order valence-corrected chi connectivity index (χ3v) is 11.3. The van der Waals surface area contributed by atoms with Gasteiger partial charge in [0.05, 0.1) is 6.10 Å². The minimum atomic E-state index is -0.0766. The van der Waals surface area contributed by atoms with E-state index in [1.165, 1.54) is 57.8 Å². The first-order valence-electron chi connectivity index (χ1n) is 15.0. The van der Waals surface area contributed by atoms with Gasteiger partial charge in [-0.25, -0.2) is 0 Å². The quantitative estimate of drug-likeness (QED) is 0.387. The molecule has 0 spiro atoms. The van der Waals surface area contributed by atoms with Crippen LogP contribution >= 0.6 is 0 Å². The van der Waals surface area contributed by atoms with Gasteiger partial charge >= 0.3 is 0 Å². The molecule has 0 aromatic rings. The van der Waals surface area contributed by atoms with E-state index in [2.05, 4.69) is 40.7 Å². The van der Waals surface area contributed by atoms with Gasteiger partial charge in [-0.1, -0.05) is 65.5 Å². The molecule has 0 aliphatic heterocycles. The summed E-state index contributed by atoms with van der Waals surface area (Å²) in [7, 11) is 1.78. The van der Waals surface area contributed by atoms with Crippen molar-refractivity contribution in [3.8, 4) is 0 Å². The van der Waals surface area contributed by atoms with Gasteiger partial charge < -0.3 is 10.0 Å². The number of hydrogen-bond donors (Lipinski definition) is 1. The molecule has 4 rings (SSSR count). The normalized spacial score (nSPS) is 38.9. The van der Waals surface area contributed by atoms with Gasteiger partial charge in [-0.2, -0.15) is 0 Å². The maximum Gasteiger partial charge on any atom is 0.219 e. The highest BCUT2D eigenvalue weighted by Gasteiger charge is 2.59. The fraction of sp³-hybridized carbons (Fsp3) is 0.906. The van der Waals surface area contributed by atoms with Crippen LogP contribution in [0.3, 0.4) is 0 Å². The summed E-state index contributed by atoms with van der Waals surface area (Å²) in [5, 5.41) is 10.2. The van der Waals surface area contributed by atoms with Crippen LogP contribution in [0.1, 0.15) is 119 Å². The van der Waals surface area contributed by atoms with E-state index in [0.717, 1.165) is 54.9 Å². The van der Waals surface area contributed by atoms with Gasteiger partial charge in [0.2, 0.25) is 5.91 Å². The number of fused-ring (bicyclic) bond motifs is 5. The zero-order valence-electron chi connectivity index (χ0n) is 24.4. The molecule has 4 aliphatic carbocycles. The van der Waals surface area contributed by atoms with Crippen LogP contribution in [0.2, 0.25) is 0 Å². The summed E-state index contributed by atoms with van der Waals surface area (Å²) >= 11 is 0. The van der Waals surface area contributed by atoms with Crippen LogP contribution in [0.5, 0.6) is 0 Å². The smallest absolute Gasteiger partial charge is 0.219 e. The summed E-state index contributed by atoms with van der Waals surface area (Å²) in [4.78, 5) is 12.0. The molecule has 0 heterocycles. The highest BCUT2D eigenvalue weighted by molar-refractivity contribution is 5.72. The summed E-state index contributed by atoms with van der Waals surface area (Å²) < 4.78 is 0. The van der Waals surface area contributed by atoms with Crippen LogP contribution in [0.4, 0.5) is 0 Å². The van der Waals surface area contributed by atoms with Crippen molar-refractivity contribution in [3.05, 3.63) is 11.6 Å². The number of nitrogens with zero attached hydrogens (tertiary/aromatic N) is 1. The van der Waals surface area contributed by atoms with Gasteiger partial charge in [-0.05, 0) is 105 Å². The van der Waals surface area contributed by atoms with Gasteiger partial charge in [-0.3, -0.25) is 4.79 Å². The Morgan fingerprint density at radius 2 is 1.80 bits per heavy atom. The number of rotatable bonds is 6. The molecular formula is C32H57NO2. The molecule has 202 valence electrons. The van der Waals surface area contributed by atoms with Crippen molar-refractivity contribution in [3.63, 3.8) is 0 Å². The Balaban J connectivity index is 0.000000429. The summed E-state index contributed by atoms with van der Waals surface area (Å²) in [5.41, 5.74) is 2.60. The molecule has 3 nitrogen and oxygen atoms in total. The minimum Gasteiger partial charge on any atom is -0.393 e.